The molecule has 1 N–H and O–H groups in total. The van der Waals surface area contributed by atoms with E-state index in [0.29, 0.717) is 27.3 Å². The zero-order valence-electron chi connectivity index (χ0n) is 12.2. The largest absolute Gasteiger partial charge is 0.306 e. The van der Waals surface area contributed by atoms with Gasteiger partial charge in [-0.1, -0.05) is 29.3 Å². The molecule has 2 heterocycles. The predicted octanol–water partition coefficient (Wildman–Crippen LogP) is 4.86. The lowest BCUT2D eigenvalue weighted by atomic mass is 10.2. The SMILES string of the molecule is Cc1ccc(C(=O)Nc2ccnn2Cc2c(Cl)cccc2Cl)s1. The summed E-state index contributed by atoms with van der Waals surface area (Å²) in [5, 5.41) is 8.24. The molecule has 0 aliphatic rings. The van der Waals surface area contributed by atoms with Gasteiger partial charge in [0.25, 0.3) is 5.91 Å². The summed E-state index contributed by atoms with van der Waals surface area (Å²) in [5.74, 6) is 0.437. The normalized spacial score (nSPS) is 10.7. The van der Waals surface area contributed by atoms with Gasteiger partial charge in [0.15, 0.2) is 0 Å². The minimum Gasteiger partial charge on any atom is -0.306 e. The second-order valence-corrected chi connectivity index (χ2v) is 7.04. The minimum absolute atomic E-state index is 0.157. The molecule has 0 unspecified atom stereocenters. The van der Waals surface area contributed by atoms with Gasteiger partial charge in [0, 0.05) is 26.6 Å². The van der Waals surface area contributed by atoms with Gasteiger partial charge in [0.1, 0.15) is 5.82 Å². The third-order valence-electron chi connectivity index (χ3n) is 3.29. The van der Waals surface area contributed by atoms with Crippen molar-refractivity contribution in [2.75, 3.05) is 5.32 Å². The van der Waals surface area contributed by atoms with Crippen molar-refractivity contribution < 1.29 is 4.79 Å². The number of hydrogen-bond donors (Lipinski definition) is 1. The number of halogens is 2. The van der Waals surface area contributed by atoms with Crippen LogP contribution in [0.15, 0.2) is 42.6 Å². The van der Waals surface area contributed by atoms with E-state index in [2.05, 4.69) is 10.4 Å². The molecule has 0 saturated heterocycles. The molecular weight excluding hydrogens is 353 g/mol. The molecule has 0 saturated carbocycles. The molecule has 118 valence electrons. The van der Waals surface area contributed by atoms with Gasteiger partial charge in [-0.05, 0) is 31.2 Å². The Hall–Kier alpha value is -1.82. The molecular formula is C16H13Cl2N3OS. The highest BCUT2D eigenvalue weighted by Crippen LogP contribution is 2.26. The van der Waals surface area contributed by atoms with E-state index < -0.39 is 0 Å². The van der Waals surface area contributed by atoms with Crippen LogP contribution in [0.25, 0.3) is 0 Å². The Morgan fingerprint density at radius 3 is 2.61 bits per heavy atom. The smallest absolute Gasteiger partial charge is 0.266 e. The summed E-state index contributed by atoms with van der Waals surface area (Å²) in [5.41, 5.74) is 0.766. The van der Waals surface area contributed by atoms with E-state index in [4.69, 9.17) is 23.2 Å². The van der Waals surface area contributed by atoms with Crippen molar-refractivity contribution in [3.63, 3.8) is 0 Å². The van der Waals surface area contributed by atoms with Crippen LogP contribution < -0.4 is 5.32 Å². The van der Waals surface area contributed by atoms with Crippen LogP contribution in [0.4, 0.5) is 5.82 Å². The van der Waals surface area contributed by atoms with E-state index in [-0.39, 0.29) is 5.91 Å². The van der Waals surface area contributed by atoms with Gasteiger partial charge >= 0.3 is 0 Å². The van der Waals surface area contributed by atoms with Crippen LogP contribution in [0.3, 0.4) is 0 Å². The highest BCUT2D eigenvalue weighted by atomic mass is 35.5. The minimum atomic E-state index is -0.157. The first-order valence-corrected chi connectivity index (χ1v) is 8.44. The van der Waals surface area contributed by atoms with Crippen LogP contribution >= 0.6 is 34.5 Å². The molecule has 2 aromatic heterocycles. The summed E-state index contributed by atoms with van der Waals surface area (Å²) in [6.45, 7) is 2.34. The Balaban J connectivity index is 1.81. The third-order valence-corrected chi connectivity index (χ3v) is 5.00. The number of nitrogens with one attached hydrogen (secondary N) is 1. The molecule has 1 aromatic carbocycles. The molecule has 3 rings (SSSR count). The number of anilines is 1. The van der Waals surface area contributed by atoms with Crippen molar-refractivity contribution in [2.45, 2.75) is 13.5 Å². The number of hydrogen-bond acceptors (Lipinski definition) is 3. The highest BCUT2D eigenvalue weighted by molar-refractivity contribution is 7.14. The monoisotopic (exact) mass is 365 g/mol. The number of rotatable bonds is 4. The second kappa shape index (κ2) is 6.74. The van der Waals surface area contributed by atoms with Crippen LogP contribution in [0.1, 0.15) is 20.1 Å². The fourth-order valence-corrected chi connectivity index (χ4v) is 3.41. The Morgan fingerprint density at radius 2 is 1.96 bits per heavy atom. The fraction of sp³-hybridized carbons (Fsp3) is 0.125. The Bertz CT molecular complexity index is 836. The zero-order chi connectivity index (χ0) is 16.4. The average molecular weight is 366 g/mol. The third kappa shape index (κ3) is 3.58. The first-order valence-electron chi connectivity index (χ1n) is 6.87. The molecule has 1 amide bonds. The number of aryl methyl sites for hydroxylation is 1. The van der Waals surface area contributed by atoms with E-state index in [1.165, 1.54) is 11.3 Å². The van der Waals surface area contributed by atoms with Gasteiger partial charge in [0.2, 0.25) is 0 Å². The van der Waals surface area contributed by atoms with E-state index in [9.17, 15) is 4.79 Å². The highest BCUT2D eigenvalue weighted by Gasteiger charge is 2.13. The summed E-state index contributed by atoms with van der Waals surface area (Å²) < 4.78 is 1.66. The summed E-state index contributed by atoms with van der Waals surface area (Å²) in [6.07, 6.45) is 1.63. The molecule has 0 fully saturated rings. The first-order chi connectivity index (χ1) is 11.0. The Labute approximate surface area is 147 Å². The molecule has 0 bridgehead atoms. The number of benzene rings is 1. The van der Waals surface area contributed by atoms with Crippen molar-refractivity contribution in [1.82, 2.24) is 9.78 Å². The predicted molar refractivity (Wildman–Crippen MR) is 94.8 cm³/mol. The van der Waals surface area contributed by atoms with E-state index >= 15 is 0 Å². The molecule has 3 aromatic rings. The number of carbonyl (C=O) groups is 1. The number of nitrogens with zero attached hydrogens (tertiary/aromatic N) is 2. The lowest BCUT2D eigenvalue weighted by molar-refractivity contribution is 0.102. The van der Waals surface area contributed by atoms with Gasteiger partial charge < -0.3 is 5.32 Å². The van der Waals surface area contributed by atoms with Crippen molar-refractivity contribution in [2.24, 2.45) is 0 Å². The van der Waals surface area contributed by atoms with Gasteiger partial charge in [-0.2, -0.15) is 5.10 Å². The lowest BCUT2D eigenvalue weighted by Crippen LogP contribution is -2.15. The summed E-state index contributed by atoms with van der Waals surface area (Å²) in [4.78, 5) is 14.0. The lowest BCUT2D eigenvalue weighted by Gasteiger charge is -2.11. The molecule has 23 heavy (non-hydrogen) atoms. The van der Waals surface area contributed by atoms with Crippen molar-refractivity contribution in [3.05, 3.63) is 68.0 Å². The van der Waals surface area contributed by atoms with E-state index in [1.54, 1.807) is 41.2 Å². The molecule has 0 atom stereocenters. The topological polar surface area (TPSA) is 46.9 Å². The summed E-state index contributed by atoms with van der Waals surface area (Å²) in [7, 11) is 0. The average Bonchev–Trinajstić information content (AvgIpc) is 3.12. The van der Waals surface area contributed by atoms with E-state index in [0.717, 1.165) is 10.4 Å². The molecule has 0 radical (unpaired) electrons. The van der Waals surface area contributed by atoms with Crippen molar-refractivity contribution >= 4 is 46.3 Å². The van der Waals surface area contributed by atoms with E-state index in [1.807, 2.05) is 13.0 Å². The maximum Gasteiger partial charge on any atom is 0.266 e. The van der Waals surface area contributed by atoms with Crippen molar-refractivity contribution in [3.8, 4) is 0 Å². The molecule has 4 nitrogen and oxygen atoms in total. The number of carbonyl (C=O) groups excluding carboxylic acids is 1. The van der Waals surface area contributed by atoms with Crippen molar-refractivity contribution in [1.29, 1.82) is 0 Å². The molecule has 0 spiro atoms. The van der Waals surface area contributed by atoms with Crippen LogP contribution in [-0.2, 0) is 6.54 Å². The maximum absolute atomic E-state index is 12.3. The van der Waals surface area contributed by atoms with Crippen LogP contribution in [-0.4, -0.2) is 15.7 Å². The van der Waals surface area contributed by atoms with Crippen LogP contribution in [0, 0.1) is 6.92 Å². The van der Waals surface area contributed by atoms with Gasteiger partial charge in [-0.3, -0.25) is 4.79 Å². The number of thiophene rings is 1. The first kappa shape index (κ1) is 16.1. The molecule has 0 aliphatic heterocycles. The second-order valence-electron chi connectivity index (χ2n) is 4.94. The number of aromatic nitrogens is 2. The molecule has 7 heteroatoms. The summed E-state index contributed by atoms with van der Waals surface area (Å²) >= 11 is 13.8. The van der Waals surface area contributed by atoms with Gasteiger partial charge in [-0.25, -0.2) is 4.68 Å². The summed E-state index contributed by atoms with van der Waals surface area (Å²) in [6, 6.07) is 10.8. The quantitative estimate of drug-likeness (QED) is 0.717. The zero-order valence-corrected chi connectivity index (χ0v) is 14.5. The van der Waals surface area contributed by atoms with Gasteiger partial charge in [-0.15, -0.1) is 11.3 Å². The Morgan fingerprint density at radius 1 is 1.22 bits per heavy atom. The van der Waals surface area contributed by atoms with Gasteiger partial charge in [0.05, 0.1) is 17.6 Å². The van der Waals surface area contributed by atoms with Crippen LogP contribution in [0.5, 0.6) is 0 Å². The number of amides is 1. The standard InChI is InChI=1S/C16H13Cl2N3OS/c1-10-5-6-14(23-10)16(22)20-15-7-8-19-21(15)9-11-12(17)3-2-4-13(11)18/h2-8H,9H2,1H3,(H,20,22). The molecule has 0 aliphatic carbocycles. The van der Waals surface area contributed by atoms with Crippen LogP contribution in [0.2, 0.25) is 10.0 Å². The Kier molecular flexibility index (Phi) is 4.71. The maximum atomic E-state index is 12.3. The fourth-order valence-electron chi connectivity index (χ4n) is 2.13.